The molecule has 2 aromatic rings. The normalized spacial score (nSPS) is 13.0. The van der Waals surface area contributed by atoms with Crippen LogP contribution in [0.4, 0.5) is 5.82 Å². The highest BCUT2D eigenvalue weighted by Crippen LogP contribution is 2.16. The van der Waals surface area contributed by atoms with E-state index in [1.807, 2.05) is 19.1 Å². The summed E-state index contributed by atoms with van der Waals surface area (Å²) in [6, 6.07) is 7.53. The molecule has 0 amide bonds. The van der Waals surface area contributed by atoms with Gasteiger partial charge in [-0.2, -0.15) is 0 Å². The molecule has 6 heteroatoms. The Balaban J connectivity index is 2.08. The lowest BCUT2D eigenvalue weighted by Crippen LogP contribution is -2.14. The fourth-order valence-electron chi connectivity index (χ4n) is 1.65. The Morgan fingerprint density at radius 1 is 1.32 bits per heavy atom. The average Bonchev–Trinajstić information content (AvgIpc) is 2.48. The highest BCUT2D eigenvalue weighted by molar-refractivity contribution is 5.96. The second-order valence-electron chi connectivity index (χ2n) is 4.06. The number of aromatic nitrogens is 2. The molecule has 4 N–H and O–H groups in total. The molecule has 0 aromatic carbocycles. The zero-order valence-electron chi connectivity index (χ0n) is 10.5. The molecule has 19 heavy (non-hydrogen) atoms. The van der Waals surface area contributed by atoms with Gasteiger partial charge in [0.2, 0.25) is 0 Å². The summed E-state index contributed by atoms with van der Waals surface area (Å²) in [5, 5.41) is 14.7. The van der Waals surface area contributed by atoms with Gasteiger partial charge in [0, 0.05) is 24.2 Å². The van der Waals surface area contributed by atoms with E-state index in [0.717, 1.165) is 11.4 Å². The van der Waals surface area contributed by atoms with E-state index in [4.69, 9.17) is 10.9 Å². The first kappa shape index (κ1) is 12.8. The van der Waals surface area contributed by atoms with Crippen molar-refractivity contribution in [1.29, 1.82) is 0 Å². The Bertz CT molecular complexity index is 553. The second-order valence-corrected chi connectivity index (χ2v) is 4.06. The van der Waals surface area contributed by atoms with Crippen LogP contribution in [0.15, 0.2) is 48.0 Å². The van der Waals surface area contributed by atoms with Gasteiger partial charge in [-0.3, -0.25) is 4.98 Å². The van der Waals surface area contributed by atoms with E-state index in [0.29, 0.717) is 5.56 Å². The maximum Gasteiger partial charge on any atom is 0.171 e. The van der Waals surface area contributed by atoms with Gasteiger partial charge >= 0.3 is 0 Å². The summed E-state index contributed by atoms with van der Waals surface area (Å²) in [5.41, 5.74) is 7.17. The average molecular weight is 257 g/mol. The summed E-state index contributed by atoms with van der Waals surface area (Å²) < 4.78 is 0. The minimum atomic E-state index is 0.0428. The van der Waals surface area contributed by atoms with Gasteiger partial charge in [0.05, 0.1) is 6.04 Å². The molecule has 0 spiro atoms. The molecule has 0 aliphatic carbocycles. The number of oxime groups is 1. The molecule has 2 aromatic heterocycles. The Morgan fingerprint density at radius 2 is 2.05 bits per heavy atom. The van der Waals surface area contributed by atoms with Crippen LogP contribution in [-0.2, 0) is 0 Å². The standard InChI is InChI=1S/C13H15N5O/c1-9(10-4-6-15-7-5-10)17-12-3-2-11(8-16-12)13(14)18-19/h2-9,19H,1H3,(H2,14,18)(H,16,17)/t9-/m1/s1. The summed E-state index contributed by atoms with van der Waals surface area (Å²) >= 11 is 0. The number of nitrogens with two attached hydrogens (primary N) is 1. The van der Waals surface area contributed by atoms with Gasteiger partial charge in [-0.15, -0.1) is 0 Å². The summed E-state index contributed by atoms with van der Waals surface area (Å²) in [4.78, 5) is 8.20. The summed E-state index contributed by atoms with van der Waals surface area (Å²) in [5.74, 6) is 0.764. The van der Waals surface area contributed by atoms with Crippen molar-refractivity contribution in [3.8, 4) is 0 Å². The minimum Gasteiger partial charge on any atom is -0.409 e. The number of pyridine rings is 2. The fourth-order valence-corrected chi connectivity index (χ4v) is 1.65. The number of amidine groups is 1. The molecule has 1 atom stereocenters. The molecule has 0 radical (unpaired) electrons. The van der Waals surface area contributed by atoms with Crippen LogP contribution in [0.3, 0.4) is 0 Å². The van der Waals surface area contributed by atoms with Gasteiger partial charge in [0.15, 0.2) is 5.84 Å². The van der Waals surface area contributed by atoms with E-state index >= 15 is 0 Å². The number of anilines is 1. The van der Waals surface area contributed by atoms with Gasteiger partial charge in [-0.1, -0.05) is 5.16 Å². The third-order valence-electron chi connectivity index (χ3n) is 2.74. The van der Waals surface area contributed by atoms with Gasteiger partial charge in [-0.25, -0.2) is 4.98 Å². The first-order valence-corrected chi connectivity index (χ1v) is 5.81. The van der Waals surface area contributed by atoms with Gasteiger partial charge in [0.1, 0.15) is 5.82 Å². The quantitative estimate of drug-likeness (QED) is 0.335. The summed E-state index contributed by atoms with van der Waals surface area (Å²) in [7, 11) is 0. The zero-order valence-corrected chi connectivity index (χ0v) is 10.5. The lowest BCUT2D eigenvalue weighted by atomic mass is 10.1. The lowest BCUT2D eigenvalue weighted by molar-refractivity contribution is 0.318. The molecular weight excluding hydrogens is 242 g/mol. The predicted molar refractivity (Wildman–Crippen MR) is 73.0 cm³/mol. The van der Waals surface area contributed by atoms with Crippen LogP contribution in [0.5, 0.6) is 0 Å². The van der Waals surface area contributed by atoms with Crippen LogP contribution in [-0.4, -0.2) is 21.0 Å². The number of nitrogens with one attached hydrogen (secondary N) is 1. The Labute approximate surface area is 111 Å². The van der Waals surface area contributed by atoms with Crippen molar-refractivity contribution in [2.75, 3.05) is 5.32 Å². The first-order chi connectivity index (χ1) is 9.20. The molecule has 0 saturated heterocycles. The molecule has 0 fully saturated rings. The Morgan fingerprint density at radius 3 is 2.63 bits per heavy atom. The monoisotopic (exact) mass is 257 g/mol. The van der Waals surface area contributed by atoms with Crippen molar-refractivity contribution < 1.29 is 5.21 Å². The summed E-state index contributed by atoms with van der Waals surface area (Å²) in [6.07, 6.45) is 5.06. The molecule has 0 bridgehead atoms. The highest BCUT2D eigenvalue weighted by atomic mass is 16.4. The van der Waals surface area contributed by atoms with E-state index in [1.165, 1.54) is 0 Å². The van der Waals surface area contributed by atoms with E-state index < -0.39 is 0 Å². The molecule has 0 unspecified atom stereocenters. The Kier molecular flexibility index (Phi) is 3.92. The number of nitrogens with zero attached hydrogens (tertiary/aromatic N) is 3. The smallest absolute Gasteiger partial charge is 0.171 e. The lowest BCUT2D eigenvalue weighted by Gasteiger charge is -2.14. The molecule has 0 aliphatic heterocycles. The minimum absolute atomic E-state index is 0.0428. The van der Waals surface area contributed by atoms with E-state index in [-0.39, 0.29) is 11.9 Å². The first-order valence-electron chi connectivity index (χ1n) is 5.81. The molecule has 2 heterocycles. The Hall–Kier alpha value is -2.63. The van der Waals surface area contributed by atoms with Crippen LogP contribution in [0.25, 0.3) is 0 Å². The molecule has 2 rings (SSSR count). The zero-order chi connectivity index (χ0) is 13.7. The molecule has 98 valence electrons. The van der Waals surface area contributed by atoms with Gasteiger partial charge < -0.3 is 16.3 Å². The topological polar surface area (TPSA) is 96.4 Å². The molecular formula is C13H15N5O. The highest BCUT2D eigenvalue weighted by Gasteiger charge is 2.06. The largest absolute Gasteiger partial charge is 0.409 e. The summed E-state index contributed by atoms with van der Waals surface area (Å²) in [6.45, 7) is 2.04. The number of hydrogen-bond donors (Lipinski definition) is 3. The van der Waals surface area contributed by atoms with Gasteiger partial charge in [-0.05, 0) is 36.8 Å². The van der Waals surface area contributed by atoms with Crippen LogP contribution in [0, 0.1) is 0 Å². The molecule has 0 aliphatic rings. The molecule has 6 nitrogen and oxygen atoms in total. The van der Waals surface area contributed by atoms with E-state index in [9.17, 15) is 0 Å². The molecule has 0 saturated carbocycles. The van der Waals surface area contributed by atoms with Crippen molar-refractivity contribution in [1.82, 2.24) is 9.97 Å². The predicted octanol–water partition coefficient (Wildman–Crippen LogP) is 1.74. The van der Waals surface area contributed by atoms with Gasteiger partial charge in [0.25, 0.3) is 0 Å². The van der Waals surface area contributed by atoms with Crippen molar-refractivity contribution >= 4 is 11.7 Å². The van der Waals surface area contributed by atoms with Crippen molar-refractivity contribution in [2.24, 2.45) is 10.9 Å². The maximum absolute atomic E-state index is 8.57. The fraction of sp³-hybridized carbons (Fsp3) is 0.154. The van der Waals surface area contributed by atoms with Crippen LogP contribution in [0.1, 0.15) is 24.1 Å². The maximum atomic E-state index is 8.57. The third-order valence-corrected chi connectivity index (χ3v) is 2.74. The van der Waals surface area contributed by atoms with Crippen molar-refractivity contribution in [3.63, 3.8) is 0 Å². The third kappa shape index (κ3) is 3.19. The van der Waals surface area contributed by atoms with Crippen LogP contribution in [0.2, 0.25) is 0 Å². The van der Waals surface area contributed by atoms with Crippen molar-refractivity contribution in [3.05, 3.63) is 54.0 Å². The number of hydrogen-bond acceptors (Lipinski definition) is 5. The van der Waals surface area contributed by atoms with E-state index in [1.54, 1.807) is 30.7 Å². The number of rotatable bonds is 4. The van der Waals surface area contributed by atoms with E-state index in [2.05, 4.69) is 20.4 Å². The van der Waals surface area contributed by atoms with Crippen LogP contribution >= 0.6 is 0 Å². The van der Waals surface area contributed by atoms with Crippen LogP contribution < -0.4 is 11.1 Å². The second kappa shape index (κ2) is 5.81. The SMILES string of the molecule is C[C@@H](Nc1ccc(/C(N)=N/O)cn1)c1ccncc1. The van der Waals surface area contributed by atoms with Crippen molar-refractivity contribution in [2.45, 2.75) is 13.0 Å².